The Labute approximate surface area is 97.8 Å². The van der Waals surface area contributed by atoms with Gasteiger partial charge >= 0.3 is 0 Å². The summed E-state index contributed by atoms with van der Waals surface area (Å²) in [5.41, 5.74) is 0.121. The van der Waals surface area contributed by atoms with Gasteiger partial charge in [0.1, 0.15) is 12.1 Å². The Balaban J connectivity index is 2.37. The maximum atomic E-state index is 13.4. The fraction of sp³-hybridized carbons (Fsp3) is 0.200. The van der Waals surface area contributed by atoms with Crippen molar-refractivity contribution in [3.8, 4) is 0 Å². The molecule has 5 nitrogen and oxygen atoms in total. The molecule has 0 aliphatic carbocycles. The topological polar surface area (TPSA) is 64.8 Å². The van der Waals surface area contributed by atoms with Crippen LogP contribution in [0.25, 0.3) is 0 Å². The molecule has 0 atom stereocenters. The fourth-order valence-electron chi connectivity index (χ4n) is 1.44. The first-order valence-electron chi connectivity index (χ1n) is 4.81. The van der Waals surface area contributed by atoms with E-state index in [2.05, 4.69) is 10.2 Å². The Morgan fingerprint density at radius 1 is 1.35 bits per heavy atom. The lowest BCUT2D eigenvalue weighted by molar-refractivity contribution is 0.572. The van der Waals surface area contributed by atoms with E-state index < -0.39 is 21.4 Å². The smallest absolute Gasteiger partial charge is 0.249 e. The highest BCUT2D eigenvalue weighted by Crippen LogP contribution is 2.15. The number of halogens is 1. The molecule has 2 aromatic rings. The number of rotatable bonds is 3. The van der Waals surface area contributed by atoms with E-state index in [1.807, 2.05) is 0 Å². The first-order chi connectivity index (χ1) is 8.00. The van der Waals surface area contributed by atoms with E-state index in [1.54, 1.807) is 6.07 Å². The normalized spacial score (nSPS) is 11.6. The monoisotopic (exact) mass is 255 g/mol. The highest BCUT2D eigenvalue weighted by Gasteiger charge is 2.22. The lowest BCUT2D eigenvalue weighted by Gasteiger charge is -2.04. The standard InChI is InChI=1S/C10H10FN3O2S/c1-14-7-12-13-10(14)17(15,16)6-8-4-2-3-5-9(8)11/h2-5,7H,6H2,1H3. The summed E-state index contributed by atoms with van der Waals surface area (Å²) in [5.74, 6) is -0.968. The first kappa shape index (κ1) is 11.7. The van der Waals surface area contributed by atoms with Crippen molar-refractivity contribution in [3.63, 3.8) is 0 Å². The first-order valence-corrected chi connectivity index (χ1v) is 6.46. The lowest BCUT2D eigenvalue weighted by atomic mass is 10.2. The van der Waals surface area contributed by atoms with Crippen LogP contribution in [0.3, 0.4) is 0 Å². The molecule has 0 aliphatic rings. The van der Waals surface area contributed by atoms with Crippen LogP contribution in [0.15, 0.2) is 35.7 Å². The molecule has 0 fully saturated rings. The van der Waals surface area contributed by atoms with Gasteiger partial charge in [0.2, 0.25) is 15.0 Å². The summed E-state index contributed by atoms with van der Waals surface area (Å²) < 4.78 is 38.5. The Morgan fingerprint density at radius 3 is 2.65 bits per heavy atom. The Morgan fingerprint density at radius 2 is 2.06 bits per heavy atom. The molecule has 0 radical (unpaired) electrons. The van der Waals surface area contributed by atoms with Gasteiger partial charge in [-0.3, -0.25) is 0 Å². The molecule has 0 spiro atoms. The molecule has 17 heavy (non-hydrogen) atoms. The van der Waals surface area contributed by atoms with Crippen molar-refractivity contribution in [1.82, 2.24) is 14.8 Å². The van der Waals surface area contributed by atoms with Gasteiger partial charge in [-0.15, -0.1) is 10.2 Å². The Hall–Kier alpha value is -1.76. The number of aryl methyl sites for hydroxylation is 1. The third-order valence-electron chi connectivity index (χ3n) is 2.25. The van der Waals surface area contributed by atoms with Crippen LogP contribution in [0.2, 0.25) is 0 Å². The average Bonchev–Trinajstić information content (AvgIpc) is 2.68. The number of nitrogens with zero attached hydrogens (tertiary/aromatic N) is 3. The van der Waals surface area contributed by atoms with Gasteiger partial charge in [0, 0.05) is 12.6 Å². The molecule has 1 heterocycles. The third-order valence-corrected chi connectivity index (χ3v) is 3.87. The van der Waals surface area contributed by atoms with E-state index in [0.29, 0.717) is 0 Å². The molecule has 2 rings (SSSR count). The van der Waals surface area contributed by atoms with E-state index in [0.717, 1.165) is 0 Å². The van der Waals surface area contributed by atoms with E-state index in [4.69, 9.17) is 0 Å². The average molecular weight is 255 g/mol. The van der Waals surface area contributed by atoms with Crippen LogP contribution >= 0.6 is 0 Å². The molecule has 0 saturated heterocycles. The summed E-state index contributed by atoms with van der Waals surface area (Å²) in [7, 11) is -2.15. The number of hydrogen-bond donors (Lipinski definition) is 0. The van der Waals surface area contributed by atoms with E-state index in [1.165, 1.54) is 36.1 Å². The van der Waals surface area contributed by atoms with Gasteiger partial charge in [0.05, 0.1) is 5.75 Å². The van der Waals surface area contributed by atoms with Crippen LogP contribution in [0, 0.1) is 5.82 Å². The minimum Gasteiger partial charge on any atom is -0.308 e. The largest absolute Gasteiger partial charge is 0.308 e. The minimum atomic E-state index is -3.67. The molecule has 1 aromatic carbocycles. The summed E-state index contributed by atoms with van der Waals surface area (Å²) in [4.78, 5) is 0. The van der Waals surface area contributed by atoms with Gasteiger partial charge in [-0.2, -0.15) is 0 Å². The molecule has 7 heteroatoms. The summed E-state index contributed by atoms with van der Waals surface area (Å²) in [5, 5.41) is 6.84. The zero-order chi connectivity index (χ0) is 12.5. The van der Waals surface area contributed by atoms with Crippen molar-refractivity contribution < 1.29 is 12.8 Å². The molecule has 0 bridgehead atoms. The quantitative estimate of drug-likeness (QED) is 0.818. The summed E-state index contributed by atoms with van der Waals surface area (Å²) in [6.07, 6.45) is 1.29. The third kappa shape index (κ3) is 2.33. The molecule has 0 amide bonds. The zero-order valence-electron chi connectivity index (χ0n) is 9.04. The molecule has 0 aliphatic heterocycles. The van der Waals surface area contributed by atoms with Crippen molar-refractivity contribution in [1.29, 1.82) is 0 Å². The van der Waals surface area contributed by atoms with Crippen molar-refractivity contribution in [3.05, 3.63) is 42.0 Å². The molecule has 0 unspecified atom stereocenters. The van der Waals surface area contributed by atoms with Crippen LogP contribution in [0.1, 0.15) is 5.56 Å². The number of aromatic nitrogens is 3. The van der Waals surface area contributed by atoms with Gasteiger partial charge in [-0.25, -0.2) is 12.8 Å². The molecular formula is C10H10FN3O2S. The molecule has 1 aromatic heterocycles. The maximum absolute atomic E-state index is 13.4. The molecule has 90 valence electrons. The second-order valence-electron chi connectivity index (χ2n) is 3.57. The SMILES string of the molecule is Cn1cnnc1S(=O)(=O)Cc1ccccc1F. The summed E-state index contributed by atoms with van der Waals surface area (Å²) >= 11 is 0. The van der Waals surface area contributed by atoms with Crippen molar-refractivity contribution >= 4 is 9.84 Å². The second-order valence-corrected chi connectivity index (χ2v) is 5.46. The fourth-order valence-corrected chi connectivity index (χ4v) is 2.87. The summed E-state index contributed by atoms with van der Waals surface area (Å²) in [6, 6.07) is 5.75. The van der Waals surface area contributed by atoms with Gasteiger partial charge in [-0.05, 0) is 6.07 Å². The highest BCUT2D eigenvalue weighted by molar-refractivity contribution is 7.90. The highest BCUT2D eigenvalue weighted by atomic mass is 32.2. The van der Waals surface area contributed by atoms with Crippen molar-refractivity contribution in [2.45, 2.75) is 10.9 Å². The van der Waals surface area contributed by atoms with Gasteiger partial charge in [-0.1, -0.05) is 18.2 Å². The van der Waals surface area contributed by atoms with Crippen LogP contribution in [0.4, 0.5) is 4.39 Å². The second kappa shape index (κ2) is 4.25. The Bertz CT molecular complexity index is 637. The lowest BCUT2D eigenvalue weighted by Crippen LogP contribution is -2.11. The van der Waals surface area contributed by atoms with Gasteiger partial charge in [0.25, 0.3) is 0 Å². The number of sulfone groups is 1. The Kier molecular flexibility index (Phi) is 2.93. The maximum Gasteiger partial charge on any atom is 0.249 e. The van der Waals surface area contributed by atoms with Crippen LogP contribution in [0.5, 0.6) is 0 Å². The predicted octanol–water partition coefficient (Wildman–Crippen LogP) is 0.928. The van der Waals surface area contributed by atoms with Crippen LogP contribution in [-0.2, 0) is 22.6 Å². The van der Waals surface area contributed by atoms with Crippen LogP contribution in [-0.4, -0.2) is 23.2 Å². The van der Waals surface area contributed by atoms with Gasteiger partial charge < -0.3 is 4.57 Å². The molecule has 0 saturated carbocycles. The predicted molar refractivity (Wildman–Crippen MR) is 58.3 cm³/mol. The minimum absolute atomic E-state index is 0.121. The van der Waals surface area contributed by atoms with Crippen molar-refractivity contribution in [2.75, 3.05) is 0 Å². The summed E-state index contributed by atoms with van der Waals surface area (Å²) in [6.45, 7) is 0. The molecule has 0 N–H and O–H groups in total. The van der Waals surface area contributed by atoms with E-state index in [9.17, 15) is 12.8 Å². The van der Waals surface area contributed by atoms with E-state index in [-0.39, 0.29) is 10.7 Å². The van der Waals surface area contributed by atoms with Crippen LogP contribution < -0.4 is 0 Å². The van der Waals surface area contributed by atoms with E-state index >= 15 is 0 Å². The zero-order valence-corrected chi connectivity index (χ0v) is 9.85. The number of hydrogen-bond acceptors (Lipinski definition) is 4. The van der Waals surface area contributed by atoms with Gasteiger partial charge in [0.15, 0.2) is 0 Å². The molecular weight excluding hydrogens is 245 g/mol. The van der Waals surface area contributed by atoms with Crippen molar-refractivity contribution in [2.24, 2.45) is 7.05 Å². The number of benzene rings is 1.